The zero-order valence-corrected chi connectivity index (χ0v) is 30.9. The molecule has 3 unspecified atom stereocenters. The number of hydrogen-bond donors (Lipinski definition) is 4. The molecule has 12 heteroatoms. The highest BCUT2D eigenvalue weighted by molar-refractivity contribution is 7.47. The number of aliphatic hydroxyl groups is 1. The summed E-state index contributed by atoms with van der Waals surface area (Å²) in [5.74, 6) is -2.38. The number of carbonyl (C=O) groups excluding carboxylic acids is 2. The molecule has 3 atom stereocenters. The van der Waals surface area contributed by atoms with Gasteiger partial charge in [0.2, 0.25) is 5.91 Å². The van der Waals surface area contributed by atoms with Gasteiger partial charge in [0.25, 0.3) is 0 Å². The second-order valence-corrected chi connectivity index (χ2v) is 14.2. The molecule has 0 fully saturated rings. The third-order valence-electron chi connectivity index (χ3n) is 8.05. The fourth-order valence-corrected chi connectivity index (χ4v) is 5.85. The molecule has 1 amide bonds. The van der Waals surface area contributed by atoms with Crippen LogP contribution in [0, 0.1) is 0 Å². The molecule has 0 aromatic carbocycles. The maximum atomic E-state index is 12.2. The van der Waals surface area contributed by atoms with Gasteiger partial charge in [-0.25, -0.2) is 9.36 Å². The molecular weight excluding hydrogens is 637 g/mol. The van der Waals surface area contributed by atoms with Crippen LogP contribution in [0.1, 0.15) is 168 Å². The van der Waals surface area contributed by atoms with Crippen molar-refractivity contribution in [1.82, 2.24) is 5.32 Å². The summed E-state index contributed by atoms with van der Waals surface area (Å²) in [7, 11) is -4.74. The van der Waals surface area contributed by atoms with E-state index >= 15 is 0 Å². The van der Waals surface area contributed by atoms with Crippen molar-refractivity contribution >= 4 is 25.7 Å². The van der Waals surface area contributed by atoms with Gasteiger partial charge in [-0.1, -0.05) is 129 Å². The number of nitrogens with one attached hydrogen (secondary N) is 1. The fourth-order valence-electron chi connectivity index (χ4n) is 5.07. The number of allylic oxidation sites excluding steroid dienone is 2. The van der Waals surface area contributed by atoms with Gasteiger partial charge in [-0.05, 0) is 38.5 Å². The Morgan fingerprint density at radius 1 is 0.646 bits per heavy atom. The van der Waals surface area contributed by atoms with E-state index in [1.165, 1.54) is 70.6 Å². The van der Waals surface area contributed by atoms with Crippen LogP contribution < -0.4 is 5.32 Å². The van der Waals surface area contributed by atoms with Crippen LogP contribution in [-0.4, -0.2) is 64.9 Å². The number of hydrogen-bond acceptors (Lipinski definition) is 8. The maximum Gasteiger partial charge on any atom is 0.472 e. The van der Waals surface area contributed by atoms with Crippen molar-refractivity contribution in [3.8, 4) is 0 Å². The number of amides is 1. The Morgan fingerprint density at radius 2 is 1.08 bits per heavy atom. The predicted molar refractivity (Wildman–Crippen MR) is 190 cm³/mol. The molecule has 4 N–H and O–H groups in total. The van der Waals surface area contributed by atoms with Crippen LogP contribution in [0.15, 0.2) is 12.2 Å². The zero-order chi connectivity index (χ0) is 35.7. The van der Waals surface area contributed by atoms with Crippen LogP contribution in [0.4, 0.5) is 0 Å². The van der Waals surface area contributed by atoms with E-state index in [-0.39, 0.29) is 12.8 Å². The second-order valence-electron chi connectivity index (χ2n) is 12.8. The van der Waals surface area contributed by atoms with Crippen molar-refractivity contribution in [2.24, 2.45) is 0 Å². The minimum absolute atomic E-state index is 0.138. The summed E-state index contributed by atoms with van der Waals surface area (Å²) in [4.78, 5) is 45.5. The normalized spacial score (nSPS) is 14.1. The summed E-state index contributed by atoms with van der Waals surface area (Å²) in [6.07, 6.45) is 28.3. The van der Waals surface area contributed by atoms with Crippen molar-refractivity contribution in [2.45, 2.75) is 180 Å². The van der Waals surface area contributed by atoms with Gasteiger partial charge < -0.3 is 25.2 Å². The molecule has 0 spiro atoms. The third kappa shape index (κ3) is 31.5. The molecule has 0 heterocycles. The Bertz CT molecular complexity index is 885. The molecule has 0 saturated carbocycles. The van der Waals surface area contributed by atoms with Crippen molar-refractivity contribution in [3.63, 3.8) is 0 Å². The highest BCUT2D eigenvalue weighted by Crippen LogP contribution is 2.43. The number of unbranched alkanes of at least 4 members (excludes halogenated alkanes) is 19. The number of ether oxygens (including phenoxy) is 1. The van der Waals surface area contributed by atoms with E-state index in [0.717, 1.165) is 57.8 Å². The minimum Gasteiger partial charge on any atom is -0.480 e. The molecular formula is C36H68NO10P. The van der Waals surface area contributed by atoms with Gasteiger partial charge in [0, 0.05) is 12.8 Å². The van der Waals surface area contributed by atoms with Crippen LogP contribution in [0.25, 0.3) is 0 Å². The van der Waals surface area contributed by atoms with Crippen LogP contribution in [0.3, 0.4) is 0 Å². The summed E-state index contributed by atoms with van der Waals surface area (Å²) in [5, 5.41) is 21.7. The molecule has 0 aliphatic heterocycles. The Kier molecular flexibility index (Phi) is 31.2. The summed E-state index contributed by atoms with van der Waals surface area (Å²) >= 11 is 0. The van der Waals surface area contributed by atoms with Crippen LogP contribution in [0.2, 0.25) is 0 Å². The molecule has 0 saturated heterocycles. The van der Waals surface area contributed by atoms with Gasteiger partial charge in [0.1, 0.15) is 12.7 Å². The fraction of sp³-hybridized carbons (Fsp3) is 0.861. The number of esters is 1. The number of aliphatic carboxylic acids is 1. The lowest BCUT2D eigenvalue weighted by atomic mass is 10.1. The van der Waals surface area contributed by atoms with E-state index in [2.05, 4.69) is 31.3 Å². The van der Waals surface area contributed by atoms with E-state index in [1.54, 1.807) is 0 Å². The first-order chi connectivity index (χ1) is 23.1. The van der Waals surface area contributed by atoms with Gasteiger partial charge >= 0.3 is 19.8 Å². The largest absolute Gasteiger partial charge is 0.480 e. The van der Waals surface area contributed by atoms with E-state index in [1.807, 2.05) is 0 Å². The number of rotatable bonds is 35. The lowest BCUT2D eigenvalue weighted by molar-refractivity contribution is -0.147. The van der Waals surface area contributed by atoms with Crippen LogP contribution >= 0.6 is 7.82 Å². The van der Waals surface area contributed by atoms with E-state index in [9.17, 15) is 34.1 Å². The van der Waals surface area contributed by atoms with Gasteiger partial charge in [-0.2, -0.15) is 0 Å². The van der Waals surface area contributed by atoms with E-state index in [0.29, 0.717) is 12.8 Å². The Labute approximate surface area is 290 Å². The van der Waals surface area contributed by atoms with Gasteiger partial charge in [-0.3, -0.25) is 18.6 Å². The van der Waals surface area contributed by atoms with Gasteiger partial charge in [0.05, 0.1) is 13.2 Å². The molecule has 0 radical (unpaired) electrons. The first kappa shape index (κ1) is 46.2. The minimum atomic E-state index is -4.74. The van der Waals surface area contributed by atoms with Crippen molar-refractivity contribution in [1.29, 1.82) is 0 Å². The highest BCUT2D eigenvalue weighted by atomic mass is 31.2. The third-order valence-corrected chi connectivity index (χ3v) is 9.01. The number of carboxylic acids is 1. The summed E-state index contributed by atoms with van der Waals surface area (Å²) in [6.45, 7) is 2.52. The monoisotopic (exact) mass is 705 g/mol. The van der Waals surface area contributed by atoms with Crippen molar-refractivity contribution in [2.75, 3.05) is 19.8 Å². The second kappa shape index (κ2) is 32.4. The van der Waals surface area contributed by atoms with E-state index < -0.39 is 57.6 Å². The average molecular weight is 706 g/mol. The maximum absolute atomic E-state index is 12.2. The van der Waals surface area contributed by atoms with Gasteiger partial charge in [-0.15, -0.1) is 0 Å². The standard InChI is InChI=1S/C36H68NO10P/c1-3-5-7-9-11-13-14-15-16-17-18-19-20-21-23-25-27-34(39)37-33(36(41)42)31-47-48(43,44)46-30-32(38)29-45-35(40)28-26-24-22-12-10-8-6-4-2/h16-17,32-33,38H,3-15,18-31H2,1-2H3,(H,37,39)(H,41,42)(H,43,44)/b17-16-. The van der Waals surface area contributed by atoms with E-state index in [4.69, 9.17) is 13.8 Å². The molecule has 0 bridgehead atoms. The summed E-state index contributed by atoms with van der Waals surface area (Å²) in [6, 6.07) is -1.54. The highest BCUT2D eigenvalue weighted by Gasteiger charge is 2.28. The number of aliphatic hydroxyl groups excluding tert-OH is 1. The number of phosphoric acid groups is 1. The first-order valence-corrected chi connectivity index (χ1v) is 20.2. The molecule has 0 rings (SSSR count). The molecule has 282 valence electrons. The topological polar surface area (TPSA) is 169 Å². The SMILES string of the molecule is CCCCCCCCC/C=C\CCCCCCCC(=O)NC(COP(=O)(O)OCC(O)COC(=O)CCCCCCCCCC)C(=O)O. The molecule has 0 aromatic rings. The van der Waals surface area contributed by atoms with Gasteiger partial charge in [0.15, 0.2) is 6.04 Å². The number of phosphoric ester groups is 1. The Morgan fingerprint density at radius 3 is 1.58 bits per heavy atom. The van der Waals surface area contributed by atoms with Crippen LogP contribution in [-0.2, 0) is 32.7 Å². The molecule has 0 aliphatic rings. The zero-order valence-electron chi connectivity index (χ0n) is 30.0. The average Bonchev–Trinajstić information content (AvgIpc) is 3.05. The molecule has 0 aromatic heterocycles. The van der Waals surface area contributed by atoms with Crippen molar-refractivity contribution in [3.05, 3.63) is 12.2 Å². The molecule has 48 heavy (non-hydrogen) atoms. The number of carboxylic acid groups (broad SMARTS) is 1. The summed E-state index contributed by atoms with van der Waals surface area (Å²) < 4.78 is 26.6. The molecule has 11 nitrogen and oxygen atoms in total. The quantitative estimate of drug-likeness (QED) is 0.0217. The number of carbonyl (C=O) groups is 3. The summed E-state index contributed by atoms with van der Waals surface area (Å²) in [5.41, 5.74) is 0. The Balaban J connectivity index is 3.98. The molecule has 0 aliphatic carbocycles. The predicted octanol–water partition coefficient (Wildman–Crippen LogP) is 8.55. The Hall–Kier alpha value is -1.78. The lowest BCUT2D eigenvalue weighted by Crippen LogP contribution is -2.43. The lowest BCUT2D eigenvalue weighted by Gasteiger charge is -2.18. The smallest absolute Gasteiger partial charge is 0.472 e. The van der Waals surface area contributed by atoms with Crippen LogP contribution in [0.5, 0.6) is 0 Å². The first-order valence-electron chi connectivity index (χ1n) is 18.7. The van der Waals surface area contributed by atoms with Crippen molar-refractivity contribution < 1.29 is 47.8 Å².